The number of morpholine rings is 1. The zero-order valence-electron chi connectivity index (χ0n) is 14.4. The van der Waals surface area contributed by atoms with Crippen molar-refractivity contribution in [3.05, 3.63) is 54.6 Å². The average molecular weight is 354 g/mol. The van der Waals surface area contributed by atoms with Gasteiger partial charge in [0.1, 0.15) is 0 Å². The van der Waals surface area contributed by atoms with E-state index >= 15 is 0 Å². The topological polar surface area (TPSA) is 82.7 Å². The monoisotopic (exact) mass is 354 g/mol. The van der Waals surface area contributed by atoms with Crippen molar-refractivity contribution in [2.75, 3.05) is 48.4 Å². The van der Waals surface area contributed by atoms with Crippen molar-refractivity contribution in [3.63, 3.8) is 0 Å². The molecule has 0 atom stereocenters. The lowest BCUT2D eigenvalue weighted by Gasteiger charge is -2.30. The van der Waals surface area contributed by atoms with E-state index in [1.807, 2.05) is 42.5 Å². The van der Waals surface area contributed by atoms with Crippen LogP contribution in [-0.2, 0) is 9.53 Å². The van der Waals surface area contributed by atoms with Crippen molar-refractivity contribution in [2.24, 2.45) is 0 Å². The molecular weight excluding hydrogens is 332 g/mol. The second kappa shape index (κ2) is 8.87. The highest BCUT2D eigenvalue weighted by molar-refractivity contribution is 5.98. The highest BCUT2D eigenvalue weighted by Gasteiger charge is 2.15. The third-order valence-corrected chi connectivity index (χ3v) is 3.97. The van der Waals surface area contributed by atoms with Crippen molar-refractivity contribution in [2.45, 2.75) is 0 Å². The molecule has 26 heavy (non-hydrogen) atoms. The summed E-state index contributed by atoms with van der Waals surface area (Å²) in [4.78, 5) is 26.2. The number of carbonyl (C=O) groups is 2. The number of amides is 3. The molecule has 1 heterocycles. The van der Waals surface area contributed by atoms with E-state index in [1.54, 1.807) is 12.1 Å². The fourth-order valence-corrected chi connectivity index (χ4v) is 2.71. The minimum Gasteiger partial charge on any atom is -0.378 e. The van der Waals surface area contributed by atoms with Crippen molar-refractivity contribution < 1.29 is 14.3 Å². The number of carbonyl (C=O) groups excluding carboxylic acids is 2. The van der Waals surface area contributed by atoms with E-state index in [2.05, 4.69) is 20.9 Å². The Kier molecular flexibility index (Phi) is 6.05. The molecular formula is C19H22N4O3. The zero-order valence-corrected chi connectivity index (χ0v) is 14.4. The Morgan fingerprint density at radius 2 is 1.62 bits per heavy atom. The number of ether oxygens (including phenoxy) is 1. The molecule has 7 heteroatoms. The largest absolute Gasteiger partial charge is 0.378 e. The molecule has 3 amide bonds. The molecule has 0 spiro atoms. The molecule has 0 radical (unpaired) electrons. The maximum atomic E-state index is 12.2. The summed E-state index contributed by atoms with van der Waals surface area (Å²) in [6, 6.07) is 16.3. The minimum atomic E-state index is -0.423. The molecule has 136 valence electrons. The summed E-state index contributed by atoms with van der Waals surface area (Å²) in [5, 5.41) is 8.09. The van der Waals surface area contributed by atoms with Crippen LogP contribution in [0.4, 0.5) is 21.9 Å². The van der Waals surface area contributed by atoms with E-state index in [4.69, 9.17) is 4.74 Å². The maximum absolute atomic E-state index is 12.2. The minimum absolute atomic E-state index is 0.115. The van der Waals surface area contributed by atoms with Crippen LogP contribution in [0, 0.1) is 0 Å². The number of rotatable bonds is 5. The first kappa shape index (κ1) is 17.8. The average Bonchev–Trinajstić information content (AvgIpc) is 2.68. The molecule has 1 aliphatic heterocycles. The predicted molar refractivity (Wildman–Crippen MR) is 102 cm³/mol. The van der Waals surface area contributed by atoms with E-state index in [0.29, 0.717) is 18.9 Å². The Morgan fingerprint density at radius 1 is 0.923 bits per heavy atom. The summed E-state index contributed by atoms with van der Waals surface area (Å²) >= 11 is 0. The SMILES string of the molecule is O=C(CNC(=O)Nc1ccccc1)Nc1ccccc1N1CCOCC1. The second-order valence-corrected chi connectivity index (χ2v) is 5.84. The lowest BCUT2D eigenvalue weighted by molar-refractivity contribution is -0.115. The summed E-state index contributed by atoms with van der Waals surface area (Å²) in [6.07, 6.45) is 0. The van der Waals surface area contributed by atoms with Crippen LogP contribution in [0.1, 0.15) is 0 Å². The predicted octanol–water partition coefficient (Wildman–Crippen LogP) is 2.28. The Morgan fingerprint density at radius 3 is 2.38 bits per heavy atom. The van der Waals surface area contributed by atoms with Crippen LogP contribution in [0.2, 0.25) is 0 Å². The molecule has 0 saturated carbocycles. The Balaban J connectivity index is 1.52. The van der Waals surface area contributed by atoms with Gasteiger partial charge in [-0.1, -0.05) is 30.3 Å². The van der Waals surface area contributed by atoms with Gasteiger partial charge in [-0.2, -0.15) is 0 Å². The van der Waals surface area contributed by atoms with E-state index in [0.717, 1.165) is 24.5 Å². The standard InChI is InChI=1S/C19H22N4O3/c24-18(14-20-19(25)21-15-6-2-1-3-7-15)22-16-8-4-5-9-17(16)23-10-12-26-13-11-23/h1-9H,10-14H2,(H,22,24)(H2,20,21,25). The summed E-state index contributed by atoms with van der Waals surface area (Å²) < 4.78 is 5.37. The van der Waals surface area contributed by atoms with Gasteiger partial charge in [-0.25, -0.2) is 4.79 Å². The van der Waals surface area contributed by atoms with Gasteiger partial charge >= 0.3 is 6.03 Å². The molecule has 7 nitrogen and oxygen atoms in total. The molecule has 1 fully saturated rings. The lowest BCUT2D eigenvalue weighted by Crippen LogP contribution is -2.38. The van der Waals surface area contributed by atoms with Crippen molar-refractivity contribution in [1.82, 2.24) is 5.32 Å². The number of benzene rings is 2. The van der Waals surface area contributed by atoms with Crippen molar-refractivity contribution >= 4 is 29.0 Å². The molecule has 2 aromatic carbocycles. The van der Waals surface area contributed by atoms with Crippen molar-refractivity contribution in [1.29, 1.82) is 0 Å². The van der Waals surface area contributed by atoms with Crippen LogP contribution in [0.5, 0.6) is 0 Å². The van der Waals surface area contributed by atoms with Crippen LogP contribution in [0.3, 0.4) is 0 Å². The Bertz CT molecular complexity index is 745. The number of anilines is 3. The molecule has 1 aliphatic rings. The number of para-hydroxylation sites is 3. The maximum Gasteiger partial charge on any atom is 0.319 e. The Hall–Kier alpha value is -3.06. The van der Waals surface area contributed by atoms with Crippen LogP contribution in [0.25, 0.3) is 0 Å². The smallest absolute Gasteiger partial charge is 0.319 e. The van der Waals surface area contributed by atoms with Crippen LogP contribution >= 0.6 is 0 Å². The van der Waals surface area contributed by atoms with Gasteiger partial charge in [0.2, 0.25) is 5.91 Å². The summed E-state index contributed by atoms with van der Waals surface area (Å²) in [7, 11) is 0. The van der Waals surface area contributed by atoms with Gasteiger partial charge in [-0.3, -0.25) is 4.79 Å². The number of nitrogens with zero attached hydrogens (tertiary/aromatic N) is 1. The van der Waals surface area contributed by atoms with Gasteiger partial charge < -0.3 is 25.6 Å². The fraction of sp³-hybridized carbons (Fsp3) is 0.263. The summed E-state index contributed by atoms with van der Waals surface area (Å²) in [5.74, 6) is -0.283. The summed E-state index contributed by atoms with van der Waals surface area (Å²) in [6.45, 7) is 2.79. The molecule has 3 N–H and O–H groups in total. The quantitative estimate of drug-likeness (QED) is 0.769. The first-order chi connectivity index (χ1) is 12.7. The summed E-state index contributed by atoms with van der Waals surface area (Å²) in [5.41, 5.74) is 2.35. The van der Waals surface area contributed by atoms with Gasteiger partial charge in [0, 0.05) is 18.8 Å². The van der Waals surface area contributed by atoms with Crippen LogP contribution < -0.4 is 20.9 Å². The van der Waals surface area contributed by atoms with Gasteiger partial charge in [-0.15, -0.1) is 0 Å². The number of urea groups is 1. The molecule has 3 rings (SSSR count). The van der Waals surface area contributed by atoms with Crippen LogP contribution in [0.15, 0.2) is 54.6 Å². The van der Waals surface area contributed by atoms with Gasteiger partial charge in [0.15, 0.2) is 0 Å². The fourth-order valence-electron chi connectivity index (χ4n) is 2.71. The molecule has 0 unspecified atom stereocenters. The molecule has 0 aliphatic carbocycles. The van der Waals surface area contributed by atoms with E-state index in [1.165, 1.54) is 0 Å². The first-order valence-corrected chi connectivity index (χ1v) is 8.54. The lowest BCUT2D eigenvalue weighted by atomic mass is 10.2. The highest BCUT2D eigenvalue weighted by Crippen LogP contribution is 2.26. The second-order valence-electron chi connectivity index (χ2n) is 5.84. The normalized spacial score (nSPS) is 13.8. The van der Waals surface area contributed by atoms with Gasteiger partial charge in [0.05, 0.1) is 31.1 Å². The third-order valence-electron chi connectivity index (χ3n) is 3.97. The zero-order chi connectivity index (χ0) is 18.2. The van der Waals surface area contributed by atoms with E-state index < -0.39 is 6.03 Å². The number of hydrogen-bond donors (Lipinski definition) is 3. The van der Waals surface area contributed by atoms with Crippen molar-refractivity contribution in [3.8, 4) is 0 Å². The van der Waals surface area contributed by atoms with E-state index in [-0.39, 0.29) is 12.5 Å². The molecule has 0 bridgehead atoms. The molecule has 0 aromatic heterocycles. The number of hydrogen-bond acceptors (Lipinski definition) is 4. The Labute approximate surface area is 152 Å². The highest BCUT2D eigenvalue weighted by atomic mass is 16.5. The number of nitrogens with one attached hydrogen (secondary N) is 3. The van der Waals surface area contributed by atoms with E-state index in [9.17, 15) is 9.59 Å². The first-order valence-electron chi connectivity index (χ1n) is 8.54. The molecule has 1 saturated heterocycles. The van der Waals surface area contributed by atoms with Crippen LogP contribution in [-0.4, -0.2) is 44.8 Å². The molecule has 2 aromatic rings. The third kappa shape index (κ3) is 4.97. The van der Waals surface area contributed by atoms with Gasteiger partial charge in [-0.05, 0) is 24.3 Å². The van der Waals surface area contributed by atoms with Gasteiger partial charge in [0.25, 0.3) is 0 Å².